The van der Waals surface area contributed by atoms with Crippen molar-refractivity contribution in [2.45, 2.75) is 45.6 Å². The summed E-state index contributed by atoms with van der Waals surface area (Å²) in [5.74, 6) is 2.73. The maximum Gasteiger partial charge on any atom is 0.257 e. The molecule has 2 aliphatic heterocycles. The van der Waals surface area contributed by atoms with Crippen molar-refractivity contribution < 1.29 is 14.3 Å². The van der Waals surface area contributed by atoms with Crippen LogP contribution in [0.2, 0.25) is 0 Å². The van der Waals surface area contributed by atoms with Gasteiger partial charge < -0.3 is 19.3 Å². The van der Waals surface area contributed by atoms with Crippen LogP contribution >= 0.6 is 0 Å². The van der Waals surface area contributed by atoms with Gasteiger partial charge in [-0.2, -0.15) is 0 Å². The summed E-state index contributed by atoms with van der Waals surface area (Å²) in [6.07, 6.45) is 4.64. The van der Waals surface area contributed by atoms with Gasteiger partial charge in [-0.15, -0.1) is 0 Å². The summed E-state index contributed by atoms with van der Waals surface area (Å²) in [6, 6.07) is 5.82. The van der Waals surface area contributed by atoms with Crippen molar-refractivity contribution in [1.29, 1.82) is 0 Å². The van der Waals surface area contributed by atoms with Crippen LogP contribution in [-0.2, 0) is 0 Å². The number of methoxy groups -OCH3 is 2. The van der Waals surface area contributed by atoms with Crippen LogP contribution < -0.4 is 9.47 Å². The third kappa shape index (κ3) is 4.57. The minimum absolute atomic E-state index is 0.0971. The van der Waals surface area contributed by atoms with Crippen LogP contribution in [0, 0.1) is 11.8 Å². The van der Waals surface area contributed by atoms with Crippen molar-refractivity contribution in [3.63, 3.8) is 0 Å². The number of carbonyl (C=O) groups excluding carboxylic acids is 1. The van der Waals surface area contributed by atoms with Gasteiger partial charge in [0, 0.05) is 31.7 Å². The van der Waals surface area contributed by atoms with Crippen LogP contribution in [0.1, 0.15) is 49.9 Å². The standard InChI is InChI=1S/C22H34N2O3/c1-16(2)9-12-23-13-10-20-17(15-23)6-5-11-24(20)22(25)19-8-7-18(26-3)14-21(19)27-4/h7-8,14,16-17,20H,5-6,9-13,15H2,1-4H3/t17-,20-/m1/s1. The number of carbonyl (C=O) groups is 1. The minimum Gasteiger partial charge on any atom is -0.497 e. The van der Waals surface area contributed by atoms with Gasteiger partial charge in [-0.05, 0) is 56.2 Å². The van der Waals surface area contributed by atoms with Gasteiger partial charge in [0.15, 0.2) is 0 Å². The van der Waals surface area contributed by atoms with Gasteiger partial charge in [0.1, 0.15) is 11.5 Å². The topological polar surface area (TPSA) is 42.0 Å². The first-order chi connectivity index (χ1) is 13.0. The first-order valence-electron chi connectivity index (χ1n) is 10.3. The van der Waals surface area contributed by atoms with E-state index in [9.17, 15) is 4.79 Å². The van der Waals surface area contributed by atoms with Gasteiger partial charge in [-0.1, -0.05) is 13.8 Å². The Hall–Kier alpha value is -1.75. The van der Waals surface area contributed by atoms with Crippen LogP contribution in [0.5, 0.6) is 11.5 Å². The second-order valence-corrected chi connectivity index (χ2v) is 8.31. The molecule has 1 aromatic rings. The molecule has 2 atom stereocenters. The number of fused-ring (bicyclic) bond motifs is 1. The third-order valence-corrected chi connectivity index (χ3v) is 6.07. The predicted octanol–water partition coefficient (Wildman–Crippen LogP) is 3.68. The van der Waals surface area contributed by atoms with Crippen molar-refractivity contribution in [2.24, 2.45) is 11.8 Å². The van der Waals surface area contributed by atoms with Crippen molar-refractivity contribution in [2.75, 3.05) is 40.4 Å². The average Bonchev–Trinajstić information content (AvgIpc) is 2.70. The third-order valence-electron chi connectivity index (χ3n) is 6.07. The Morgan fingerprint density at radius 2 is 2.00 bits per heavy atom. The van der Waals surface area contributed by atoms with Gasteiger partial charge in [-0.3, -0.25) is 4.79 Å². The highest BCUT2D eigenvalue weighted by atomic mass is 16.5. The Morgan fingerprint density at radius 1 is 1.19 bits per heavy atom. The molecule has 0 aromatic heterocycles. The summed E-state index contributed by atoms with van der Waals surface area (Å²) < 4.78 is 10.7. The molecule has 0 bridgehead atoms. The molecule has 2 heterocycles. The van der Waals surface area contributed by atoms with Crippen LogP contribution in [0.3, 0.4) is 0 Å². The molecule has 27 heavy (non-hydrogen) atoms. The highest BCUT2D eigenvalue weighted by Gasteiger charge is 2.38. The SMILES string of the molecule is COc1ccc(C(=O)N2CCC[C@@H]3CN(CCC(C)C)CC[C@H]32)c(OC)c1. The highest BCUT2D eigenvalue weighted by Crippen LogP contribution is 2.34. The summed E-state index contributed by atoms with van der Waals surface area (Å²) in [5, 5.41) is 0. The molecule has 1 amide bonds. The van der Waals surface area contributed by atoms with E-state index in [1.807, 2.05) is 12.1 Å². The minimum atomic E-state index is 0.0971. The highest BCUT2D eigenvalue weighted by molar-refractivity contribution is 5.97. The van der Waals surface area contributed by atoms with E-state index < -0.39 is 0 Å². The fourth-order valence-electron chi connectivity index (χ4n) is 4.50. The number of hydrogen-bond donors (Lipinski definition) is 0. The van der Waals surface area contributed by atoms with Crippen molar-refractivity contribution in [3.05, 3.63) is 23.8 Å². The lowest BCUT2D eigenvalue weighted by Gasteiger charge is -2.47. The molecule has 1 aromatic carbocycles. The monoisotopic (exact) mass is 374 g/mol. The van der Waals surface area contributed by atoms with E-state index in [2.05, 4.69) is 23.6 Å². The zero-order valence-electron chi connectivity index (χ0n) is 17.2. The zero-order valence-corrected chi connectivity index (χ0v) is 17.2. The Bertz CT molecular complexity index is 646. The van der Waals surface area contributed by atoms with Gasteiger partial charge in [0.2, 0.25) is 0 Å². The molecule has 0 N–H and O–H groups in total. The van der Waals surface area contributed by atoms with Crippen LogP contribution in [0.25, 0.3) is 0 Å². The molecule has 0 aliphatic carbocycles. The van der Waals surface area contributed by atoms with Gasteiger partial charge in [0.05, 0.1) is 19.8 Å². The summed E-state index contributed by atoms with van der Waals surface area (Å²) in [7, 11) is 3.23. The molecule has 2 fully saturated rings. The maximum absolute atomic E-state index is 13.3. The molecule has 2 aliphatic rings. The fraction of sp³-hybridized carbons (Fsp3) is 0.682. The normalized spacial score (nSPS) is 23.2. The zero-order chi connectivity index (χ0) is 19.4. The van der Waals surface area contributed by atoms with E-state index in [1.54, 1.807) is 20.3 Å². The maximum atomic E-state index is 13.3. The molecule has 5 nitrogen and oxygen atoms in total. The molecular weight excluding hydrogens is 340 g/mol. The van der Waals surface area contributed by atoms with Crippen molar-refractivity contribution >= 4 is 5.91 Å². The molecule has 0 radical (unpaired) electrons. The van der Waals surface area contributed by atoms with E-state index in [0.717, 1.165) is 38.4 Å². The molecule has 5 heteroatoms. The molecular formula is C22H34N2O3. The molecule has 0 unspecified atom stereocenters. The first kappa shape index (κ1) is 20.0. The summed E-state index contributed by atoms with van der Waals surface area (Å²) in [5.41, 5.74) is 0.640. The summed E-state index contributed by atoms with van der Waals surface area (Å²) >= 11 is 0. The number of ether oxygens (including phenoxy) is 2. The molecule has 3 rings (SSSR count). The van der Waals surface area contributed by atoms with Crippen molar-refractivity contribution in [1.82, 2.24) is 9.80 Å². The van der Waals surface area contributed by atoms with Crippen LogP contribution in [-0.4, -0.2) is 62.1 Å². The Balaban J connectivity index is 1.71. The Kier molecular flexibility index (Phi) is 6.64. The lowest BCUT2D eigenvalue weighted by atomic mass is 9.83. The molecule has 2 saturated heterocycles. The lowest BCUT2D eigenvalue weighted by molar-refractivity contribution is 0.0192. The predicted molar refractivity (Wildman–Crippen MR) is 108 cm³/mol. The van der Waals surface area contributed by atoms with E-state index >= 15 is 0 Å². The van der Waals surface area contributed by atoms with Crippen LogP contribution in [0.4, 0.5) is 0 Å². The molecule has 0 saturated carbocycles. The smallest absolute Gasteiger partial charge is 0.257 e. The first-order valence-corrected chi connectivity index (χ1v) is 10.3. The van der Waals surface area contributed by atoms with Gasteiger partial charge in [-0.25, -0.2) is 0 Å². The van der Waals surface area contributed by atoms with Gasteiger partial charge in [0.25, 0.3) is 5.91 Å². The Morgan fingerprint density at radius 3 is 2.70 bits per heavy atom. The number of piperidine rings is 2. The summed E-state index contributed by atoms with van der Waals surface area (Å²) in [4.78, 5) is 18.0. The average molecular weight is 375 g/mol. The second kappa shape index (κ2) is 8.96. The number of hydrogen-bond acceptors (Lipinski definition) is 4. The quantitative estimate of drug-likeness (QED) is 0.762. The second-order valence-electron chi connectivity index (χ2n) is 8.31. The number of rotatable bonds is 6. The largest absolute Gasteiger partial charge is 0.497 e. The summed E-state index contributed by atoms with van der Waals surface area (Å²) in [6.45, 7) is 8.83. The number of nitrogens with zero attached hydrogens (tertiary/aromatic N) is 2. The van der Waals surface area contributed by atoms with Crippen LogP contribution in [0.15, 0.2) is 18.2 Å². The number of likely N-dealkylation sites (tertiary alicyclic amines) is 2. The van der Waals surface area contributed by atoms with E-state index in [-0.39, 0.29) is 5.91 Å². The van der Waals surface area contributed by atoms with Gasteiger partial charge >= 0.3 is 0 Å². The van der Waals surface area contributed by atoms with Crippen molar-refractivity contribution in [3.8, 4) is 11.5 Å². The van der Waals surface area contributed by atoms with E-state index in [4.69, 9.17) is 9.47 Å². The molecule has 0 spiro atoms. The fourth-order valence-corrected chi connectivity index (χ4v) is 4.50. The Labute approximate surface area is 163 Å². The number of amides is 1. The molecule has 150 valence electrons. The van der Waals surface area contributed by atoms with E-state index in [1.165, 1.54) is 19.4 Å². The lowest BCUT2D eigenvalue weighted by Crippen LogP contribution is -2.55. The van der Waals surface area contributed by atoms with E-state index in [0.29, 0.717) is 29.0 Å². The number of benzene rings is 1.